The van der Waals surface area contributed by atoms with E-state index in [9.17, 15) is 8.78 Å². The van der Waals surface area contributed by atoms with E-state index in [-0.39, 0.29) is 17.4 Å². The molecule has 4 heteroatoms. The van der Waals surface area contributed by atoms with Gasteiger partial charge in [-0.05, 0) is 5.56 Å². The van der Waals surface area contributed by atoms with Crippen molar-refractivity contribution in [2.45, 2.75) is 31.1 Å². The first-order chi connectivity index (χ1) is 8.54. The fourth-order valence-corrected chi connectivity index (χ4v) is 2.28. The Kier molecular flexibility index (Phi) is 3.69. The summed E-state index contributed by atoms with van der Waals surface area (Å²) in [7, 11) is 0. The SMILES string of the molecule is CCCC(F)(F)c1ccc(C2(CN)COC2)cc1. The van der Waals surface area contributed by atoms with Crippen molar-refractivity contribution in [2.75, 3.05) is 19.8 Å². The molecule has 2 N–H and O–H groups in total. The van der Waals surface area contributed by atoms with Gasteiger partial charge in [-0.25, -0.2) is 8.78 Å². The van der Waals surface area contributed by atoms with E-state index < -0.39 is 5.92 Å². The average Bonchev–Trinajstić information content (AvgIpc) is 2.29. The molecule has 2 nitrogen and oxygen atoms in total. The van der Waals surface area contributed by atoms with Gasteiger partial charge in [0.1, 0.15) is 0 Å². The number of halogens is 2. The first-order valence-electron chi connectivity index (χ1n) is 6.31. The summed E-state index contributed by atoms with van der Waals surface area (Å²) >= 11 is 0. The highest BCUT2D eigenvalue weighted by molar-refractivity contribution is 5.33. The van der Waals surface area contributed by atoms with Crippen molar-refractivity contribution in [1.29, 1.82) is 0 Å². The van der Waals surface area contributed by atoms with Crippen LogP contribution in [0.4, 0.5) is 8.78 Å². The molecular formula is C14H19F2NO. The lowest BCUT2D eigenvalue weighted by molar-refractivity contribution is -0.0551. The van der Waals surface area contributed by atoms with E-state index in [0.717, 1.165) is 5.56 Å². The van der Waals surface area contributed by atoms with Crippen LogP contribution >= 0.6 is 0 Å². The third kappa shape index (κ3) is 2.27. The van der Waals surface area contributed by atoms with Gasteiger partial charge >= 0.3 is 0 Å². The summed E-state index contributed by atoms with van der Waals surface area (Å²) in [6.07, 6.45) is 0.354. The largest absolute Gasteiger partial charge is 0.379 e. The Morgan fingerprint density at radius 2 is 1.89 bits per heavy atom. The molecular weight excluding hydrogens is 236 g/mol. The van der Waals surface area contributed by atoms with Gasteiger partial charge in [0.15, 0.2) is 0 Å². The Labute approximate surface area is 106 Å². The number of hydrogen-bond donors (Lipinski definition) is 1. The van der Waals surface area contributed by atoms with E-state index in [0.29, 0.717) is 26.2 Å². The third-order valence-electron chi connectivity index (χ3n) is 3.63. The van der Waals surface area contributed by atoms with Gasteiger partial charge in [0.05, 0.1) is 18.6 Å². The average molecular weight is 255 g/mol. The standard InChI is InChI=1S/C14H19F2NO/c1-2-7-14(15,16)12-5-3-11(4-6-12)13(8-17)9-18-10-13/h3-6H,2,7-10,17H2,1H3. The van der Waals surface area contributed by atoms with Crippen LogP contribution in [-0.4, -0.2) is 19.8 Å². The highest BCUT2D eigenvalue weighted by Crippen LogP contribution is 2.36. The maximum atomic E-state index is 13.7. The molecule has 1 aromatic carbocycles. The third-order valence-corrected chi connectivity index (χ3v) is 3.63. The maximum Gasteiger partial charge on any atom is 0.273 e. The minimum absolute atomic E-state index is 0.0838. The Hall–Kier alpha value is -1.00. The molecule has 0 radical (unpaired) electrons. The predicted molar refractivity (Wildman–Crippen MR) is 66.8 cm³/mol. The van der Waals surface area contributed by atoms with E-state index in [1.807, 2.05) is 0 Å². The van der Waals surface area contributed by atoms with Gasteiger partial charge in [0, 0.05) is 18.5 Å². The number of hydrogen-bond acceptors (Lipinski definition) is 2. The van der Waals surface area contributed by atoms with Gasteiger partial charge in [0.2, 0.25) is 0 Å². The zero-order valence-electron chi connectivity index (χ0n) is 10.6. The van der Waals surface area contributed by atoms with E-state index in [1.54, 1.807) is 19.1 Å². The molecule has 1 fully saturated rings. The highest BCUT2D eigenvalue weighted by atomic mass is 19.3. The van der Waals surface area contributed by atoms with Crippen LogP contribution in [0.2, 0.25) is 0 Å². The van der Waals surface area contributed by atoms with Crippen molar-refractivity contribution < 1.29 is 13.5 Å². The molecule has 18 heavy (non-hydrogen) atoms. The molecule has 0 aromatic heterocycles. The van der Waals surface area contributed by atoms with Crippen LogP contribution in [-0.2, 0) is 16.1 Å². The second-order valence-electron chi connectivity index (χ2n) is 5.01. The lowest BCUT2D eigenvalue weighted by Crippen LogP contribution is -2.52. The molecule has 1 saturated heterocycles. The first-order valence-corrected chi connectivity index (χ1v) is 6.31. The van der Waals surface area contributed by atoms with Crippen LogP contribution < -0.4 is 5.73 Å². The predicted octanol–water partition coefficient (Wildman–Crippen LogP) is 2.81. The summed E-state index contributed by atoms with van der Waals surface area (Å²) < 4.78 is 32.6. The molecule has 1 heterocycles. The van der Waals surface area contributed by atoms with Crippen LogP contribution in [0.5, 0.6) is 0 Å². The first kappa shape index (κ1) is 13.4. The maximum absolute atomic E-state index is 13.7. The number of nitrogens with two attached hydrogens (primary N) is 1. The van der Waals surface area contributed by atoms with E-state index >= 15 is 0 Å². The Bertz CT molecular complexity index is 393. The topological polar surface area (TPSA) is 35.2 Å². The lowest BCUT2D eigenvalue weighted by Gasteiger charge is -2.41. The quantitative estimate of drug-likeness (QED) is 0.878. The molecule has 0 unspecified atom stereocenters. The summed E-state index contributed by atoms with van der Waals surface area (Å²) in [6.45, 7) is 3.40. The van der Waals surface area contributed by atoms with Crippen molar-refractivity contribution in [3.8, 4) is 0 Å². The summed E-state index contributed by atoms with van der Waals surface area (Å²) in [6, 6.07) is 6.55. The summed E-state index contributed by atoms with van der Waals surface area (Å²) in [5, 5.41) is 0. The lowest BCUT2D eigenvalue weighted by atomic mass is 9.78. The van der Waals surface area contributed by atoms with Gasteiger partial charge in [-0.2, -0.15) is 0 Å². The number of rotatable bonds is 5. The van der Waals surface area contributed by atoms with Gasteiger partial charge in [0.25, 0.3) is 5.92 Å². The van der Waals surface area contributed by atoms with Crippen LogP contribution in [0.1, 0.15) is 30.9 Å². The summed E-state index contributed by atoms with van der Waals surface area (Å²) in [4.78, 5) is 0. The number of ether oxygens (including phenoxy) is 1. The minimum atomic E-state index is -2.74. The van der Waals surface area contributed by atoms with Crippen LogP contribution in [0.3, 0.4) is 0 Å². The second kappa shape index (κ2) is 4.94. The molecule has 0 bridgehead atoms. The van der Waals surface area contributed by atoms with Gasteiger partial charge < -0.3 is 10.5 Å². The molecule has 0 spiro atoms. The van der Waals surface area contributed by atoms with Crippen molar-refractivity contribution in [2.24, 2.45) is 5.73 Å². The molecule has 100 valence electrons. The molecule has 0 aliphatic carbocycles. The minimum Gasteiger partial charge on any atom is -0.379 e. The second-order valence-corrected chi connectivity index (χ2v) is 5.01. The molecule has 0 amide bonds. The monoisotopic (exact) mass is 255 g/mol. The van der Waals surface area contributed by atoms with Crippen molar-refractivity contribution in [3.05, 3.63) is 35.4 Å². The molecule has 2 rings (SSSR count). The highest BCUT2D eigenvalue weighted by Gasteiger charge is 2.39. The molecule has 1 aliphatic rings. The zero-order chi connectivity index (χ0) is 13.2. The summed E-state index contributed by atoms with van der Waals surface area (Å²) in [5.41, 5.74) is 6.65. The Morgan fingerprint density at radius 3 is 2.28 bits per heavy atom. The van der Waals surface area contributed by atoms with E-state index in [2.05, 4.69) is 0 Å². The van der Waals surface area contributed by atoms with Crippen molar-refractivity contribution >= 4 is 0 Å². The van der Waals surface area contributed by atoms with Crippen LogP contribution in [0.15, 0.2) is 24.3 Å². The van der Waals surface area contributed by atoms with Gasteiger partial charge in [-0.15, -0.1) is 0 Å². The molecule has 0 saturated carbocycles. The Balaban J connectivity index is 2.20. The normalized spacial score (nSPS) is 18.4. The molecule has 1 aliphatic heterocycles. The number of benzene rings is 1. The van der Waals surface area contributed by atoms with Crippen LogP contribution in [0, 0.1) is 0 Å². The smallest absolute Gasteiger partial charge is 0.273 e. The van der Waals surface area contributed by atoms with E-state index in [1.165, 1.54) is 12.1 Å². The number of alkyl halides is 2. The van der Waals surface area contributed by atoms with Gasteiger partial charge in [-0.3, -0.25) is 0 Å². The molecule has 1 aromatic rings. The van der Waals surface area contributed by atoms with E-state index in [4.69, 9.17) is 10.5 Å². The Morgan fingerprint density at radius 1 is 1.28 bits per heavy atom. The van der Waals surface area contributed by atoms with Crippen molar-refractivity contribution in [1.82, 2.24) is 0 Å². The molecule has 0 atom stereocenters. The fraction of sp³-hybridized carbons (Fsp3) is 0.571. The zero-order valence-corrected chi connectivity index (χ0v) is 10.6. The van der Waals surface area contributed by atoms with Gasteiger partial charge in [-0.1, -0.05) is 37.6 Å². The fourth-order valence-electron chi connectivity index (χ4n) is 2.28. The van der Waals surface area contributed by atoms with Crippen LogP contribution in [0.25, 0.3) is 0 Å². The summed E-state index contributed by atoms with van der Waals surface area (Å²) in [5.74, 6) is -2.74. The van der Waals surface area contributed by atoms with Crippen molar-refractivity contribution in [3.63, 3.8) is 0 Å².